The van der Waals surface area contributed by atoms with Crippen molar-refractivity contribution in [3.05, 3.63) is 24.3 Å². The summed E-state index contributed by atoms with van der Waals surface area (Å²) in [6, 6.07) is 5.75. The summed E-state index contributed by atoms with van der Waals surface area (Å²) in [5.41, 5.74) is 0. The third-order valence-corrected chi connectivity index (χ3v) is 3.04. The predicted molar refractivity (Wildman–Crippen MR) is 66.4 cm³/mol. The number of benzene rings is 1. The molecular weight excluding hydrogens is 250 g/mol. The molecule has 1 amide bonds. The SMILES string of the molecule is COc1ccc(OC(=O)N2CCCC2C(=O)O)cc1. The van der Waals surface area contributed by atoms with E-state index in [9.17, 15) is 9.59 Å². The molecule has 0 aromatic heterocycles. The van der Waals surface area contributed by atoms with E-state index in [0.717, 1.165) is 0 Å². The lowest BCUT2D eigenvalue weighted by atomic mass is 10.2. The van der Waals surface area contributed by atoms with Gasteiger partial charge < -0.3 is 14.6 Å². The summed E-state index contributed by atoms with van der Waals surface area (Å²) in [5, 5.41) is 9.00. The van der Waals surface area contributed by atoms with Crippen LogP contribution in [0.2, 0.25) is 0 Å². The monoisotopic (exact) mass is 265 g/mol. The quantitative estimate of drug-likeness (QED) is 0.900. The van der Waals surface area contributed by atoms with Crippen LogP contribution < -0.4 is 9.47 Å². The van der Waals surface area contributed by atoms with Crippen LogP contribution in [0.5, 0.6) is 11.5 Å². The van der Waals surface area contributed by atoms with Crippen LogP contribution in [0.15, 0.2) is 24.3 Å². The molecule has 1 heterocycles. The van der Waals surface area contributed by atoms with Crippen molar-refractivity contribution in [3.8, 4) is 11.5 Å². The zero-order chi connectivity index (χ0) is 13.8. The van der Waals surface area contributed by atoms with E-state index in [1.807, 2.05) is 0 Å². The van der Waals surface area contributed by atoms with Gasteiger partial charge >= 0.3 is 12.1 Å². The summed E-state index contributed by atoms with van der Waals surface area (Å²) in [5.74, 6) is 0.0235. The van der Waals surface area contributed by atoms with Crippen LogP contribution in [0.4, 0.5) is 4.79 Å². The van der Waals surface area contributed by atoms with E-state index < -0.39 is 18.1 Å². The van der Waals surface area contributed by atoms with Gasteiger partial charge in [-0.15, -0.1) is 0 Å². The van der Waals surface area contributed by atoms with Gasteiger partial charge in [0.15, 0.2) is 0 Å². The molecule has 1 unspecified atom stereocenters. The van der Waals surface area contributed by atoms with Gasteiger partial charge in [0, 0.05) is 6.54 Å². The topological polar surface area (TPSA) is 76.1 Å². The maximum atomic E-state index is 11.9. The molecule has 19 heavy (non-hydrogen) atoms. The number of rotatable bonds is 3. The summed E-state index contributed by atoms with van der Waals surface area (Å²) in [6.45, 7) is 0.409. The molecule has 0 saturated carbocycles. The number of carbonyl (C=O) groups excluding carboxylic acids is 1. The van der Waals surface area contributed by atoms with Gasteiger partial charge in [0.05, 0.1) is 7.11 Å². The molecule has 0 radical (unpaired) electrons. The van der Waals surface area contributed by atoms with Gasteiger partial charge in [-0.1, -0.05) is 0 Å². The molecular formula is C13H15NO5. The standard InChI is InChI=1S/C13H15NO5/c1-18-9-4-6-10(7-5-9)19-13(17)14-8-2-3-11(14)12(15)16/h4-7,11H,2-3,8H2,1H3,(H,15,16). The Balaban J connectivity index is 2.01. The Kier molecular flexibility index (Phi) is 3.89. The average Bonchev–Trinajstić information content (AvgIpc) is 2.89. The number of carbonyl (C=O) groups is 2. The number of ether oxygens (including phenoxy) is 2. The summed E-state index contributed by atoms with van der Waals surface area (Å²) >= 11 is 0. The second kappa shape index (κ2) is 5.60. The maximum absolute atomic E-state index is 11.9. The number of carboxylic acids is 1. The van der Waals surface area contributed by atoms with Gasteiger partial charge in [0.2, 0.25) is 0 Å². The van der Waals surface area contributed by atoms with E-state index in [2.05, 4.69) is 0 Å². The number of carboxylic acid groups (broad SMARTS) is 1. The van der Waals surface area contributed by atoms with Crippen LogP contribution in [0.25, 0.3) is 0 Å². The van der Waals surface area contributed by atoms with Gasteiger partial charge in [-0.2, -0.15) is 0 Å². The average molecular weight is 265 g/mol. The molecule has 1 fully saturated rings. The van der Waals surface area contributed by atoms with Crippen molar-refractivity contribution in [2.75, 3.05) is 13.7 Å². The molecule has 1 aromatic rings. The molecule has 102 valence electrons. The number of hydrogen-bond donors (Lipinski definition) is 1. The van der Waals surface area contributed by atoms with Crippen LogP contribution in [0.1, 0.15) is 12.8 Å². The summed E-state index contributed by atoms with van der Waals surface area (Å²) in [7, 11) is 1.54. The highest BCUT2D eigenvalue weighted by Crippen LogP contribution is 2.21. The highest BCUT2D eigenvalue weighted by molar-refractivity contribution is 5.81. The van der Waals surface area contributed by atoms with Gasteiger partial charge in [-0.3, -0.25) is 4.90 Å². The number of amides is 1. The first-order chi connectivity index (χ1) is 9.11. The molecule has 6 nitrogen and oxygen atoms in total. The largest absolute Gasteiger partial charge is 0.497 e. The zero-order valence-corrected chi connectivity index (χ0v) is 10.5. The lowest BCUT2D eigenvalue weighted by Gasteiger charge is -2.20. The van der Waals surface area contributed by atoms with Gasteiger partial charge in [-0.25, -0.2) is 9.59 Å². The van der Waals surface area contributed by atoms with Crippen LogP contribution in [0, 0.1) is 0 Å². The molecule has 1 saturated heterocycles. The Morgan fingerprint density at radius 1 is 1.26 bits per heavy atom. The third kappa shape index (κ3) is 2.96. The van der Waals surface area contributed by atoms with Crippen molar-refractivity contribution in [1.29, 1.82) is 0 Å². The van der Waals surface area contributed by atoms with Crippen molar-refractivity contribution in [2.45, 2.75) is 18.9 Å². The molecule has 6 heteroatoms. The third-order valence-electron chi connectivity index (χ3n) is 3.04. The van der Waals surface area contributed by atoms with Gasteiger partial charge in [0.25, 0.3) is 0 Å². The van der Waals surface area contributed by atoms with Crippen LogP contribution in [-0.4, -0.2) is 41.8 Å². The summed E-state index contributed by atoms with van der Waals surface area (Å²) in [6.07, 6.45) is 0.511. The second-order valence-corrected chi connectivity index (χ2v) is 4.23. The number of methoxy groups -OCH3 is 1. The Morgan fingerprint density at radius 3 is 2.47 bits per heavy atom. The minimum atomic E-state index is -0.996. The molecule has 0 bridgehead atoms. The van der Waals surface area contributed by atoms with Crippen LogP contribution in [-0.2, 0) is 4.79 Å². The normalized spacial score (nSPS) is 18.2. The van der Waals surface area contributed by atoms with E-state index >= 15 is 0 Å². The van der Waals surface area contributed by atoms with Crippen molar-refractivity contribution in [2.24, 2.45) is 0 Å². The van der Waals surface area contributed by atoms with E-state index in [0.29, 0.717) is 30.9 Å². The van der Waals surface area contributed by atoms with E-state index in [4.69, 9.17) is 14.6 Å². The molecule has 1 atom stereocenters. The first-order valence-corrected chi connectivity index (χ1v) is 5.97. The van der Waals surface area contributed by atoms with Crippen molar-refractivity contribution >= 4 is 12.1 Å². The first kappa shape index (κ1) is 13.2. The molecule has 2 rings (SSSR count). The highest BCUT2D eigenvalue weighted by Gasteiger charge is 2.35. The molecule has 1 aliphatic heterocycles. The predicted octanol–water partition coefficient (Wildman–Crippen LogP) is 1.74. The smallest absolute Gasteiger partial charge is 0.415 e. The number of likely N-dealkylation sites (tertiary alicyclic amines) is 1. The van der Waals surface area contributed by atoms with Crippen molar-refractivity contribution < 1.29 is 24.2 Å². The summed E-state index contributed by atoms with van der Waals surface area (Å²) in [4.78, 5) is 24.1. The van der Waals surface area contributed by atoms with Crippen molar-refractivity contribution in [1.82, 2.24) is 4.90 Å². The molecule has 1 aliphatic rings. The van der Waals surface area contributed by atoms with E-state index in [1.54, 1.807) is 31.4 Å². The Morgan fingerprint density at radius 2 is 1.89 bits per heavy atom. The summed E-state index contributed by atoms with van der Waals surface area (Å²) < 4.78 is 10.1. The van der Waals surface area contributed by atoms with E-state index in [1.165, 1.54) is 4.90 Å². The maximum Gasteiger partial charge on any atom is 0.415 e. The number of nitrogens with zero attached hydrogens (tertiary/aromatic N) is 1. The highest BCUT2D eigenvalue weighted by atomic mass is 16.6. The lowest BCUT2D eigenvalue weighted by molar-refractivity contribution is -0.141. The zero-order valence-electron chi connectivity index (χ0n) is 10.5. The molecule has 0 spiro atoms. The fraction of sp³-hybridized carbons (Fsp3) is 0.385. The van der Waals surface area contributed by atoms with Crippen LogP contribution in [0.3, 0.4) is 0 Å². The van der Waals surface area contributed by atoms with Gasteiger partial charge in [-0.05, 0) is 37.1 Å². The van der Waals surface area contributed by atoms with E-state index in [-0.39, 0.29) is 0 Å². The minimum Gasteiger partial charge on any atom is -0.497 e. The number of aliphatic carboxylic acids is 1. The van der Waals surface area contributed by atoms with Crippen molar-refractivity contribution in [3.63, 3.8) is 0 Å². The number of hydrogen-bond acceptors (Lipinski definition) is 4. The Bertz CT molecular complexity index is 470. The first-order valence-electron chi connectivity index (χ1n) is 5.97. The Hall–Kier alpha value is -2.24. The molecule has 1 aromatic carbocycles. The van der Waals surface area contributed by atoms with Gasteiger partial charge in [0.1, 0.15) is 17.5 Å². The fourth-order valence-corrected chi connectivity index (χ4v) is 2.05. The second-order valence-electron chi connectivity index (χ2n) is 4.23. The Labute approximate surface area is 110 Å². The minimum absolute atomic E-state index is 0.363. The van der Waals surface area contributed by atoms with Crippen LogP contribution >= 0.6 is 0 Å². The molecule has 0 aliphatic carbocycles. The molecule has 1 N–H and O–H groups in total. The lowest BCUT2D eigenvalue weighted by Crippen LogP contribution is -2.41. The fourth-order valence-electron chi connectivity index (χ4n) is 2.05.